The van der Waals surface area contributed by atoms with Crippen molar-refractivity contribution >= 4 is 45.7 Å². The Morgan fingerprint density at radius 2 is 1.67 bits per heavy atom. The fraction of sp³-hybridized carbons (Fsp3) is 0.125. The summed E-state index contributed by atoms with van der Waals surface area (Å²) in [6.07, 6.45) is 1.96. The van der Waals surface area contributed by atoms with Crippen LogP contribution >= 0.6 is 11.8 Å². The summed E-state index contributed by atoms with van der Waals surface area (Å²) in [7, 11) is 0. The van der Waals surface area contributed by atoms with Gasteiger partial charge >= 0.3 is 0 Å². The number of rotatable bonds is 6. The number of hydrogen-bond acceptors (Lipinski definition) is 4. The van der Waals surface area contributed by atoms with Gasteiger partial charge in [-0.3, -0.25) is 19.3 Å². The molecule has 0 radical (unpaired) electrons. The molecule has 0 aliphatic carbocycles. The number of thioether (sulfide) groups is 1. The lowest BCUT2D eigenvalue weighted by Crippen LogP contribution is -2.37. The molecule has 30 heavy (non-hydrogen) atoms. The summed E-state index contributed by atoms with van der Waals surface area (Å²) in [5, 5.41) is 4.64. The average Bonchev–Trinajstić information content (AvgIpc) is 3.02. The summed E-state index contributed by atoms with van der Waals surface area (Å²) in [6.45, 7) is 0.373. The van der Waals surface area contributed by atoms with Gasteiger partial charge in [-0.25, -0.2) is 0 Å². The molecule has 1 N–H and O–H groups in total. The molecular weight excluding hydrogens is 396 g/mol. The van der Waals surface area contributed by atoms with Gasteiger partial charge in [-0.05, 0) is 39.7 Å². The van der Waals surface area contributed by atoms with Gasteiger partial charge in [0.2, 0.25) is 5.91 Å². The van der Waals surface area contributed by atoms with E-state index in [2.05, 4.69) is 5.32 Å². The van der Waals surface area contributed by atoms with Crippen LogP contribution in [0, 0.1) is 0 Å². The molecule has 3 aromatic carbocycles. The molecule has 0 saturated carbocycles. The molecule has 6 heteroatoms. The van der Waals surface area contributed by atoms with E-state index in [1.165, 1.54) is 4.90 Å². The molecule has 150 valence electrons. The van der Waals surface area contributed by atoms with Crippen LogP contribution in [0.2, 0.25) is 0 Å². The predicted octanol–water partition coefficient (Wildman–Crippen LogP) is 4.24. The van der Waals surface area contributed by atoms with E-state index >= 15 is 0 Å². The van der Waals surface area contributed by atoms with Gasteiger partial charge in [0.05, 0.1) is 11.3 Å². The van der Waals surface area contributed by atoms with E-state index in [-0.39, 0.29) is 36.6 Å². The van der Waals surface area contributed by atoms with Crippen molar-refractivity contribution in [3.05, 3.63) is 88.8 Å². The zero-order valence-electron chi connectivity index (χ0n) is 16.2. The van der Waals surface area contributed by atoms with Crippen LogP contribution in [-0.2, 0) is 16.0 Å². The first-order valence-corrected chi connectivity index (χ1v) is 10.5. The van der Waals surface area contributed by atoms with Crippen LogP contribution in [0.3, 0.4) is 0 Å². The summed E-state index contributed by atoms with van der Waals surface area (Å²) >= 11 is 0.925. The molecule has 1 aliphatic heterocycles. The van der Waals surface area contributed by atoms with Gasteiger partial charge in [-0.1, -0.05) is 72.8 Å². The number of hydrogen-bond donors (Lipinski definition) is 1. The molecule has 3 amide bonds. The molecule has 1 fully saturated rings. The lowest BCUT2D eigenvalue weighted by Gasteiger charge is -2.13. The van der Waals surface area contributed by atoms with Crippen LogP contribution in [0.15, 0.2) is 77.7 Å². The normalized spacial score (nSPS) is 15.2. The molecule has 4 rings (SSSR count). The number of carbonyl (C=O) groups excluding carboxylic acids is 3. The van der Waals surface area contributed by atoms with E-state index < -0.39 is 0 Å². The third kappa shape index (κ3) is 4.44. The lowest BCUT2D eigenvalue weighted by molar-refractivity contribution is -0.124. The van der Waals surface area contributed by atoms with E-state index in [9.17, 15) is 14.4 Å². The number of carbonyl (C=O) groups is 3. The Balaban J connectivity index is 1.34. The Kier molecular flexibility index (Phi) is 5.95. The van der Waals surface area contributed by atoms with Crippen LogP contribution in [-0.4, -0.2) is 35.0 Å². The third-order valence-electron chi connectivity index (χ3n) is 4.86. The molecule has 0 bridgehead atoms. The molecule has 3 aromatic rings. The first-order chi connectivity index (χ1) is 14.6. The van der Waals surface area contributed by atoms with E-state index in [1.54, 1.807) is 6.08 Å². The average molecular weight is 417 g/mol. The minimum atomic E-state index is -0.322. The number of benzene rings is 3. The van der Waals surface area contributed by atoms with Crippen molar-refractivity contribution in [2.24, 2.45) is 0 Å². The number of amides is 3. The molecule has 5 nitrogen and oxygen atoms in total. The maximum atomic E-state index is 12.5. The Labute approximate surface area is 178 Å². The second kappa shape index (κ2) is 8.97. The number of nitrogens with zero attached hydrogens (tertiary/aromatic N) is 1. The summed E-state index contributed by atoms with van der Waals surface area (Å²) in [5.74, 6) is -0.463. The van der Waals surface area contributed by atoms with Crippen molar-refractivity contribution in [1.82, 2.24) is 10.2 Å². The van der Waals surface area contributed by atoms with Crippen molar-refractivity contribution in [2.75, 3.05) is 13.1 Å². The molecule has 0 spiro atoms. The Morgan fingerprint density at radius 1 is 0.933 bits per heavy atom. The van der Waals surface area contributed by atoms with Crippen molar-refractivity contribution in [1.29, 1.82) is 0 Å². The standard InChI is InChI=1S/C24H20N2O3S/c27-22(16-19-11-6-10-18-9-4-5-12-20(18)19)25-13-14-26-23(28)21(30-24(26)29)15-17-7-2-1-3-8-17/h1-12,15H,13-14,16H2,(H,25,27). The van der Waals surface area contributed by atoms with Gasteiger partial charge in [0.1, 0.15) is 0 Å². The molecular formula is C24H20N2O3S. The largest absolute Gasteiger partial charge is 0.354 e. The highest BCUT2D eigenvalue weighted by Crippen LogP contribution is 2.31. The quantitative estimate of drug-likeness (QED) is 0.611. The zero-order valence-corrected chi connectivity index (χ0v) is 17.0. The minimum absolute atomic E-state index is 0.141. The number of fused-ring (bicyclic) bond motifs is 1. The minimum Gasteiger partial charge on any atom is -0.354 e. The summed E-state index contributed by atoms with van der Waals surface area (Å²) in [4.78, 5) is 38.7. The molecule has 0 unspecified atom stereocenters. The monoisotopic (exact) mass is 416 g/mol. The predicted molar refractivity (Wildman–Crippen MR) is 120 cm³/mol. The fourth-order valence-electron chi connectivity index (χ4n) is 3.38. The Hall–Kier alpha value is -3.38. The highest BCUT2D eigenvalue weighted by Gasteiger charge is 2.34. The molecule has 0 aromatic heterocycles. The van der Waals surface area contributed by atoms with Gasteiger partial charge in [-0.2, -0.15) is 0 Å². The topological polar surface area (TPSA) is 66.5 Å². The zero-order chi connectivity index (χ0) is 20.9. The van der Waals surface area contributed by atoms with Crippen LogP contribution < -0.4 is 5.32 Å². The van der Waals surface area contributed by atoms with E-state index in [1.807, 2.05) is 72.8 Å². The highest BCUT2D eigenvalue weighted by atomic mass is 32.2. The third-order valence-corrected chi connectivity index (χ3v) is 5.77. The molecule has 1 heterocycles. The Morgan fingerprint density at radius 3 is 2.50 bits per heavy atom. The van der Waals surface area contributed by atoms with Gasteiger partial charge in [0.25, 0.3) is 11.1 Å². The molecule has 1 saturated heterocycles. The van der Waals surface area contributed by atoms with Crippen molar-refractivity contribution < 1.29 is 14.4 Å². The Bertz CT molecular complexity index is 1140. The lowest BCUT2D eigenvalue weighted by atomic mass is 10.0. The van der Waals surface area contributed by atoms with Crippen molar-refractivity contribution in [2.45, 2.75) is 6.42 Å². The van der Waals surface area contributed by atoms with Gasteiger partial charge in [-0.15, -0.1) is 0 Å². The van der Waals surface area contributed by atoms with Crippen LogP contribution in [0.25, 0.3) is 16.8 Å². The number of nitrogens with one attached hydrogen (secondary N) is 1. The van der Waals surface area contributed by atoms with Crippen molar-refractivity contribution in [3.8, 4) is 0 Å². The maximum Gasteiger partial charge on any atom is 0.293 e. The van der Waals surface area contributed by atoms with E-state index in [0.29, 0.717) is 4.91 Å². The molecule has 1 aliphatic rings. The van der Waals surface area contributed by atoms with Crippen molar-refractivity contribution in [3.63, 3.8) is 0 Å². The van der Waals surface area contributed by atoms with Crippen LogP contribution in [0.1, 0.15) is 11.1 Å². The van der Waals surface area contributed by atoms with Crippen LogP contribution in [0.5, 0.6) is 0 Å². The van der Waals surface area contributed by atoms with Gasteiger partial charge in [0, 0.05) is 13.1 Å². The summed E-state index contributed by atoms with van der Waals surface area (Å²) < 4.78 is 0. The number of imide groups is 1. The highest BCUT2D eigenvalue weighted by molar-refractivity contribution is 8.18. The van der Waals surface area contributed by atoms with Gasteiger partial charge < -0.3 is 5.32 Å². The molecule has 0 atom stereocenters. The first-order valence-electron chi connectivity index (χ1n) is 9.65. The van der Waals surface area contributed by atoms with Crippen LogP contribution in [0.4, 0.5) is 4.79 Å². The first kappa shape index (κ1) is 19.9. The van der Waals surface area contributed by atoms with E-state index in [0.717, 1.165) is 33.7 Å². The second-order valence-corrected chi connectivity index (χ2v) is 7.90. The smallest absolute Gasteiger partial charge is 0.293 e. The van der Waals surface area contributed by atoms with E-state index in [4.69, 9.17) is 0 Å². The summed E-state index contributed by atoms with van der Waals surface area (Å²) in [6, 6.07) is 23.2. The summed E-state index contributed by atoms with van der Waals surface area (Å²) in [5.41, 5.74) is 1.81. The second-order valence-electron chi connectivity index (χ2n) is 6.91. The van der Waals surface area contributed by atoms with Gasteiger partial charge in [0.15, 0.2) is 0 Å². The SMILES string of the molecule is O=C(Cc1cccc2ccccc12)NCCN1C(=O)SC(=Cc2ccccc2)C1=O. The maximum absolute atomic E-state index is 12.5. The fourth-order valence-corrected chi connectivity index (χ4v) is 4.25.